The van der Waals surface area contributed by atoms with Gasteiger partial charge in [0.2, 0.25) is 0 Å². The van der Waals surface area contributed by atoms with Crippen molar-refractivity contribution in [2.24, 2.45) is 0 Å². The molecule has 0 aliphatic heterocycles. The van der Waals surface area contributed by atoms with Gasteiger partial charge in [0.15, 0.2) is 5.78 Å². The molecule has 2 aromatic rings. The van der Waals surface area contributed by atoms with Gasteiger partial charge in [0.05, 0.1) is 12.8 Å². The lowest BCUT2D eigenvalue weighted by atomic mass is 10.1. The summed E-state index contributed by atoms with van der Waals surface area (Å²) in [7, 11) is 1.57. The molecule has 3 nitrogen and oxygen atoms in total. The fraction of sp³-hybridized carbons (Fsp3) is 0.118. The summed E-state index contributed by atoms with van der Waals surface area (Å²) in [6.07, 6.45) is 3.07. The van der Waals surface area contributed by atoms with Crippen molar-refractivity contribution in [3.8, 4) is 5.75 Å². The monoisotopic (exact) mass is 379 g/mol. The van der Waals surface area contributed by atoms with E-state index < -0.39 is 0 Å². The highest BCUT2D eigenvalue weighted by Crippen LogP contribution is 2.30. The first kappa shape index (κ1) is 16.6. The zero-order chi connectivity index (χ0) is 16.1. The average Bonchev–Trinajstić information content (AvgIpc) is 2.51. The van der Waals surface area contributed by atoms with Gasteiger partial charge in [-0.15, -0.1) is 0 Å². The van der Waals surface area contributed by atoms with Crippen LogP contribution in [0.4, 0.5) is 5.69 Å². The Morgan fingerprint density at radius 2 is 1.95 bits per heavy atom. The molecular weight excluding hydrogens is 366 g/mol. The molecule has 1 N–H and O–H groups in total. The zero-order valence-electron chi connectivity index (χ0n) is 12.2. The van der Waals surface area contributed by atoms with Crippen molar-refractivity contribution in [2.45, 2.75) is 6.92 Å². The number of ketones is 1. The van der Waals surface area contributed by atoms with Gasteiger partial charge in [-0.1, -0.05) is 27.5 Å². The maximum Gasteiger partial charge on any atom is 0.187 e. The van der Waals surface area contributed by atoms with Crippen molar-refractivity contribution in [1.82, 2.24) is 0 Å². The third kappa shape index (κ3) is 4.12. The fourth-order valence-corrected chi connectivity index (χ4v) is 2.28. The molecule has 0 heterocycles. The standard InChI is InChI=1S/C17H15BrClNO2/c1-11-9-15(17(22-2)10-14(11)19)20-8-7-16(21)12-3-5-13(18)6-4-12/h3-10,20H,1-2H3/b8-7+. The number of ether oxygens (including phenoxy) is 1. The summed E-state index contributed by atoms with van der Waals surface area (Å²) in [6.45, 7) is 1.91. The summed E-state index contributed by atoms with van der Waals surface area (Å²) in [5, 5.41) is 3.69. The minimum Gasteiger partial charge on any atom is -0.495 e. The van der Waals surface area contributed by atoms with Gasteiger partial charge in [-0.2, -0.15) is 0 Å². The molecule has 0 aliphatic carbocycles. The van der Waals surface area contributed by atoms with Crippen LogP contribution in [-0.2, 0) is 0 Å². The average molecular weight is 381 g/mol. The summed E-state index contributed by atoms with van der Waals surface area (Å²) in [5.41, 5.74) is 2.31. The van der Waals surface area contributed by atoms with Crippen LogP contribution in [0, 0.1) is 6.92 Å². The van der Waals surface area contributed by atoms with Gasteiger partial charge >= 0.3 is 0 Å². The van der Waals surface area contributed by atoms with Gasteiger partial charge in [0.25, 0.3) is 0 Å². The Balaban J connectivity index is 2.10. The van der Waals surface area contributed by atoms with Crippen LogP contribution in [0.3, 0.4) is 0 Å². The molecule has 0 saturated carbocycles. The molecule has 114 valence electrons. The molecule has 0 fully saturated rings. The van der Waals surface area contributed by atoms with E-state index in [1.165, 1.54) is 6.08 Å². The van der Waals surface area contributed by atoms with Gasteiger partial charge in [0.1, 0.15) is 5.75 Å². The Kier molecular flexibility index (Phi) is 5.63. The molecule has 0 atom stereocenters. The maximum atomic E-state index is 12.0. The largest absolute Gasteiger partial charge is 0.495 e. The van der Waals surface area contributed by atoms with Crippen LogP contribution in [0.15, 0.2) is 53.1 Å². The third-order valence-electron chi connectivity index (χ3n) is 3.08. The van der Waals surface area contributed by atoms with E-state index in [1.54, 1.807) is 31.5 Å². The molecular formula is C17H15BrClNO2. The van der Waals surface area contributed by atoms with Crippen molar-refractivity contribution >= 4 is 39.0 Å². The van der Waals surface area contributed by atoms with Gasteiger partial charge in [-0.3, -0.25) is 4.79 Å². The first-order valence-electron chi connectivity index (χ1n) is 6.58. The predicted octanol–water partition coefficient (Wildman–Crippen LogP) is 5.23. The molecule has 0 amide bonds. The van der Waals surface area contributed by atoms with Crippen LogP contribution in [0.25, 0.3) is 0 Å². The molecule has 0 unspecified atom stereocenters. The summed E-state index contributed by atoms with van der Waals surface area (Å²) in [6, 6.07) is 10.8. The lowest BCUT2D eigenvalue weighted by Gasteiger charge is -2.10. The van der Waals surface area contributed by atoms with Crippen molar-refractivity contribution in [3.05, 3.63) is 69.3 Å². The second-order valence-electron chi connectivity index (χ2n) is 4.65. The number of aryl methyl sites for hydroxylation is 1. The van der Waals surface area contributed by atoms with E-state index in [9.17, 15) is 4.79 Å². The number of anilines is 1. The number of nitrogens with one attached hydrogen (secondary N) is 1. The van der Waals surface area contributed by atoms with Crippen LogP contribution in [-0.4, -0.2) is 12.9 Å². The number of hydrogen-bond acceptors (Lipinski definition) is 3. The van der Waals surface area contributed by atoms with E-state index in [1.807, 2.05) is 25.1 Å². The van der Waals surface area contributed by atoms with Crippen LogP contribution in [0.2, 0.25) is 5.02 Å². The number of methoxy groups -OCH3 is 1. The summed E-state index contributed by atoms with van der Waals surface area (Å²) < 4.78 is 6.20. The minimum absolute atomic E-state index is 0.0790. The number of carbonyl (C=O) groups excluding carboxylic acids is 1. The topological polar surface area (TPSA) is 38.3 Å². The van der Waals surface area contributed by atoms with Gasteiger partial charge < -0.3 is 10.1 Å². The van der Waals surface area contributed by atoms with E-state index in [4.69, 9.17) is 16.3 Å². The number of benzene rings is 2. The molecule has 2 aromatic carbocycles. The second-order valence-corrected chi connectivity index (χ2v) is 5.97. The van der Waals surface area contributed by atoms with Crippen LogP contribution in [0.1, 0.15) is 15.9 Å². The number of halogens is 2. The van der Waals surface area contributed by atoms with Crippen molar-refractivity contribution in [2.75, 3.05) is 12.4 Å². The fourth-order valence-electron chi connectivity index (χ4n) is 1.86. The van der Waals surface area contributed by atoms with E-state index in [2.05, 4.69) is 21.2 Å². The molecule has 0 bridgehead atoms. The number of allylic oxidation sites excluding steroid dienone is 1. The highest BCUT2D eigenvalue weighted by Gasteiger charge is 2.06. The summed E-state index contributed by atoms with van der Waals surface area (Å²) >= 11 is 9.40. The number of rotatable bonds is 5. The van der Waals surface area contributed by atoms with Crippen molar-refractivity contribution < 1.29 is 9.53 Å². The summed E-state index contributed by atoms with van der Waals surface area (Å²) in [4.78, 5) is 12.0. The lowest BCUT2D eigenvalue weighted by molar-refractivity contribution is 0.104. The smallest absolute Gasteiger partial charge is 0.187 e. The normalized spacial score (nSPS) is 10.7. The highest BCUT2D eigenvalue weighted by atomic mass is 79.9. The molecule has 22 heavy (non-hydrogen) atoms. The second kappa shape index (κ2) is 7.47. The minimum atomic E-state index is -0.0790. The lowest BCUT2D eigenvalue weighted by Crippen LogP contribution is -1.98. The number of carbonyl (C=O) groups is 1. The van der Waals surface area contributed by atoms with Gasteiger partial charge in [-0.25, -0.2) is 0 Å². The predicted molar refractivity (Wildman–Crippen MR) is 94.0 cm³/mol. The SMILES string of the molecule is COc1cc(Cl)c(C)cc1N/C=C/C(=O)c1ccc(Br)cc1. The van der Waals surface area contributed by atoms with Crippen molar-refractivity contribution in [3.63, 3.8) is 0 Å². The van der Waals surface area contributed by atoms with Gasteiger partial charge in [0, 0.05) is 33.4 Å². The zero-order valence-corrected chi connectivity index (χ0v) is 14.5. The highest BCUT2D eigenvalue weighted by molar-refractivity contribution is 9.10. The van der Waals surface area contributed by atoms with Crippen LogP contribution < -0.4 is 10.1 Å². The van der Waals surface area contributed by atoms with Crippen molar-refractivity contribution in [1.29, 1.82) is 0 Å². The quantitative estimate of drug-likeness (QED) is 0.570. The first-order chi connectivity index (χ1) is 10.5. The van der Waals surface area contributed by atoms with E-state index >= 15 is 0 Å². The molecule has 5 heteroatoms. The molecule has 2 rings (SSSR count). The number of hydrogen-bond donors (Lipinski definition) is 1. The molecule has 0 saturated heterocycles. The third-order valence-corrected chi connectivity index (χ3v) is 4.02. The molecule has 0 spiro atoms. The Labute approximate surface area is 143 Å². The van der Waals surface area contributed by atoms with E-state index in [-0.39, 0.29) is 5.78 Å². The van der Waals surface area contributed by atoms with E-state index in [0.29, 0.717) is 16.3 Å². The molecule has 0 radical (unpaired) electrons. The van der Waals surface area contributed by atoms with E-state index in [0.717, 1.165) is 15.7 Å². The Hall–Kier alpha value is -1.78. The Bertz CT molecular complexity index is 711. The molecule has 0 aromatic heterocycles. The maximum absolute atomic E-state index is 12.0. The van der Waals surface area contributed by atoms with Crippen LogP contribution >= 0.6 is 27.5 Å². The van der Waals surface area contributed by atoms with Crippen LogP contribution in [0.5, 0.6) is 5.75 Å². The first-order valence-corrected chi connectivity index (χ1v) is 7.75. The molecule has 0 aliphatic rings. The Morgan fingerprint density at radius 1 is 1.27 bits per heavy atom. The Morgan fingerprint density at radius 3 is 2.59 bits per heavy atom. The summed E-state index contributed by atoms with van der Waals surface area (Å²) in [5.74, 6) is 0.543. The van der Waals surface area contributed by atoms with Gasteiger partial charge in [-0.05, 0) is 42.8 Å².